The van der Waals surface area contributed by atoms with Gasteiger partial charge in [0.1, 0.15) is 0 Å². The molecular weight excluding hydrogens is 354 g/mol. The smallest absolute Gasteiger partial charge is 0.277 e. The number of hydrogen-bond acceptors (Lipinski definition) is 5. The third-order valence-electron chi connectivity index (χ3n) is 5.65. The molecule has 1 N–H and O–H groups in total. The Bertz CT molecular complexity index is 1010. The van der Waals surface area contributed by atoms with Crippen molar-refractivity contribution in [2.24, 2.45) is 0 Å². The Labute approximate surface area is 163 Å². The number of aromatic nitrogens is 3. The first kappa shape index (κ1) is 17.3. The van der Waals surface area contributed by atoms with E-state index in [0.29, 0.717) is 12.2 Å². The zero-order valence-electron chi connectivity index (χ0n) is 15.7. The van der Waals surface area contributed by atoms with Gasteiger partial charge in [0.05, 0.1) is 26.0 Å². The number of morpholine rings is 1. The molecule has 1 amide bonds. The number of amides is 1. The zero-order valence-corrected chi connectivity index (χ0v) is 15.7. The minimum absolute atomic E-state index is 0.226. The molecule has 1 aliphatic heterocycles. The summed E-state index contributed by atoms with van der Waals surface area (Å²) in [5.74, 6) is -0.226. The van der Waals surface area contributed by atoms with E-state index in [1.807, 2.05) is 6.07 Å². The molecule has 7 heteroatoms. The zero-order chi connectivity index (χ0) is 18.9. The topological polar surface area (TPSA) is 72.3 Å². The van der Waals surface area contributed by atoms with E-state index in [-0.39, 0.29) is 5.91 Å². The third-order valence-corrected chi connectivity index (χ3v) is 5.65. The minimum Gasteiger partial charge on any atom is -0.379 e. The number of nitrogens with one attached hydrogen (secondary N) is 1. The lowest BCUT2D eigenvalue weighted by atomic mass is 10.0. The molecule has 2 aromatic carbocycles. The Morgan fingerprint density at radius 3 is 2.75 bits per heavy atom. The van der Waals surface area contributed by atoms with Crippen LogP contribution in [0.5, 0.6) is 0 Å². The fourth-order valence-corrected chi connectivity index (χ4v) is 4.12. The van der Waals surface area contributed by atoms with Crippen molar-refractivity contribution < 1.29 is 9.53 Å². The Balaban J connectivity index is 1.29. The van der Waals surface area contributed by atoms with Crippen molar-refractivity contribution >= 4 is 22.4 Å². The number of ether oxygens (including phenoxy) is 1. The fraction of sp³-hybridized carbons (Fsp3) is 0.381. The molecule has 1 aromatic heterocycles. The largest absolute Gasteiger partial charge is 0.379 e. The quantitative estimate of drug-likeness (QED) is 0.737. The van der Waals surface area contributed by atoms with Gasteiger partial charge in [0.15, 0.2) is 5.69 Å². The van der Waals surface area contributed by atoms with Crippen LogP contribution in [0.15, 0.2) is 36.5 Å². The summed E-state index contributed by atoms with van der Waals surface area (Å²) in [6, 6.07) is 10.4. The van der Waals surface area contributed by atoms with Crippen LogP contribution in [0.25, 0.3) is 10.8 Å². The normalized spacial score (nSPS) is 16.6. The maximum atomic E-state index is 12.7. The van der Waals surface area contributed by atoms with E-state index in [1.54, 1.807) is 10.9 Å². The van der Waals surface area contributed by atoms with Gasteiger partial charge in [0, 0.05) is 30.7 Å². The van der Waals surface area contributed by atoms with E-state index in [4.69, 9.17) is 4.74 Å². The van der Waals surface area contributed by atoms with Gasteiger partial charge < -0.3 is 10.1 Å². The number of benzene rings is 2. The monoisotopic (exact) mass is 377 g/mol. The van der Waals surface area contributed by atoms with Crippen LogP contribution in [0.3, 0.4) is 0 Å². The predicted molar refractivity (Wildman–Crippen MR) is 107 cm³/mol. The van der Waals surface area contributed by atoms with Gasteiger partial charge in [-0.2, -0.15) is 0 Å². The molecule has 5 rings (SSSR count). The third kappa shape index (κ3) is 3.27. The van der Waals surface area contributed by atoms with E-state index in [0.717, 1.165) is 56.8 Å². The van der Waals surface area contributed by atoms with Gasteiger partial charge in [-0.3, -0.25) is 14.4 Å². The van der Waals surface area contributed by atoms with Gasteiger partial charge >= 0.3 is 0 Å². The number of nitrogens with zero attached hydrogens (tertiary/aromatic N) is 4. The molecule has 0 unspecified atom stereocenters. The molecule has 0 atom stereocenters. The summed E-state index contributed by atoms with van der Waals surface area (Å²) in [6.45, 7) is 5.02. The van der Waals surface area contributed by atoms with Gasteiger partial charge in [0.25, 0.3) is 5.91 Å². The summed E-state index contributed by atoms with van der Waals surface area (Å²) in [4.78, 5) is 15.0. The van der Waals surface area contributed by atoms with Crippen molar-refractivity contribution in [3.63, 3.8) is 0 Å². The number of aryl methyl sites for hydroxylation is 2. The lowest BCUT2D eigenvalue weighted by Crippen LogP contribution is -2.38. The van der Waals surface area contributed by atoms with Gasteiger partial charge in [-0.05, 0) is 35.4 Å². The Morgan fingerprint density at radius 2 is 1.89 bits per heavy atom. The first-order chi connectivity index (χ1) is 13.8. The SMILES string of the molecule is O=C(Nc1ccc2c3c(cccc13)CC2)c1cn(CCN2CCOCC2)nn1. The highest BCUT2D eigenvalue weighted by molar-refractivity contribution is 6.09. The molecule has 1 aliphatic carbocycles. The molecule has 0 bridgehead atoms. The summed E-state index contributed by atoms with van der Waals surface area (Å²) in [6.07, 6.45) is 3.86. The molecule has 0 radical (unpaired) electrons. The van der Waals surface area contributed by atoms with Gasteiger partial charge in [-0.1, -0.05) is 29.5 Å². The maximum Gasteiger partial charge on any atom is 0.277 e. The number of anilines is 1. The van der Waals surface area contributed by atoms with Crippen LogP contribution in [-0.4, -0.2) is 58.6 Å². The summed E-state index contributed by atoms with van der Waals surface area (Å²) in [5, 5.41) is 13.6. The molecule has 7 nitrogen and oxygen atoms in total. The molecule has 1 fully saturated rings. The second-order valence-electron chi connectivity index (χ2n) is 7.39. The standard InChI is InChI=1S/C21H23N5O2/c27-21(19-14-26(24-23-19)9-8-25-10-12-28-13-11-25)22-18-7-6-16-5-4-15-2-1-3-17(18)20(15)16/h1-3,6-7,14H,4-5,8-13H2,(H,22,27). The second-order valence-corrected chi connectivity index (χ2v) is 7.39. The predicted octanol–water partition coefficient (Wildman–Crippen LogP) is 2.11. The molecule has 28 heavy (non-hydrogen) atoms. The average molecular weight is 377 g/mol. The van der Waals surface area contributed by atoms with E-state index in [2.05, 4.69) is 44.8 Å². The van der Waals surface area contributed by atoms with Crippen molar-refractivity contribution in [2.75, 3.05) is 38.2 Å². The molecule has 0 saturated carbocycles. The van der Waals surface area contributed by atoms with Crippen LogP contribution in [0.2, 0.25) is 0 Å². The van der Waals surface area contributed by atoms with Crippen molar-refractivity contribution in [1.82, 2.24) is 19.9 Å². The van der Waals surface area contributed by atoms with E-state index in [1.165, 1.54) is 16.5 Å². The van der Waals surface area contributed by atoms with Gasteiger partial charge in [-0.15, -0.1) is 5.10 Å². The summed E-state index contributed by atoms with van der Waals surface area (Å²) >= 11 is 0. The van der Waals surface area contributed by atoms with E-state index < -0.39 is 0 Å². The number of hydrogen-bond donors (Lipinski definition) is 1. The van der Waals surface area contributed by atoms with E-state index >= 15 is 0 Å². The van der Waals surface area contributed by atoms with E-state index in [9.17, 15) is 4.79 Å². The highest BCUT2D eigenvalue weighted by Crippen LogP contribution is 2.35. The van der Waals surface area contributed by atoms with Crippen molar-refractivity contribution in [1.29, 1.82) is 0 Å². The number of carbonyl (C=O) groups excluding carboxylic acids is 1. The molecule has 3 aromatic rings. The fourth-order valence-electron chi connectivity index (χ4n) is 4.12. The lowest BCUT2D eigenvalue weighted by molar-refractivity contribution is 0.0359. The number of carbonyl (C=O) groups is 1. The first-order valence-electron chi connectivity index (χ1n) is 9.83. The highest BCUT2D eigenvalue weighted by Gasteiger charge is 2.18. The van der Waals surface area contributed by atoms with Crippen molar-refractivity contribution in [2.45, 2.75) is 19.4 Å². The van der Waals surface area contributed by atoms with Crippen LogP contribution in [-0.2, 0) is 24.1 Å². The summed E-state index contributed by atoms with van der Waals surface area (Å²) in [5.41, 5.74) is 3.89. The van der Waals surface area contributed by atoms with Crippen molar-refractivity contribution in [3.05, 3.63) is 53.3 Å². The van der Waals surface area contributed by atoms with Crippen LogP contribution < -0.4 is 5.32 Å². The van der Waals surface area contributed by atoms with Crippen LogP contribution in [0, 0.1) is 0 Å². The maximum absolute atomic E-state index is 12.7. The Hall–Kier alpha value is -2.77. The summed E-state index contributed by atoms with van der Waals surface area (Å²) in [7, 11) is 0. The number of rotatable bonds is 5. The minimum atomic E-state index is -0.226. The Morgan fingerprint density at radius 1 is 1.07 bits per heavy atom. The van der Waals surface area contributed by atoms with Gasteiger partial charge in [0.2, 0.25) is 0 Å². The molecular formula is C21H23N5O2. The lowest BCUT2D eigenvalue weighted by Gasteiger charge is -2.26. The Kier molecular flexibility index (Phi) is 4.54. The molecule has 2 heterocycles. The van der Waals surface area contributed by atoms with Crippen LogP contribution in [0.4, 0.5) is 5.69 Å². The summed E-state index contributed by atoms with van der Waals surface area (Å²) < 4.78 is 7.10. The second kappa shape index (κ2) is 7.33. The van der Waals surface area contributed by atoms with Crippen LogP contribution in [0.1, 0.15) is 21.6 Å². The van der Waals surface area contributed by atoms with Crippen LogP contribution >= 0.6 is 0 Å². The molecule has 144 valence electrons. The first-order valence-corrected chi connectivity index (χ1v) is 9.83. The molecule has 2 aliphatic rings. The molecule has 0 spiro atoms. The molecule has 1 saturated heterocycles. The van der Waals surface area contributed by atoms with Crippen molar-refractivity contribution in [3.8, 4) is 0 Å². The van der Waals surface area contributed by atoms with Gasteiger partial charge in [-0.25, -0.2) is 0 Å². The average Bonchev–Trinajstić information content (AvgIpc) is 3.38. The highest BCUT2D eigenvalue weighted by atomic mass is 16.5.